The molecule has 0 bridgehead atoms. The number of carbonyl (C=O) groups is 2. The van der Waals surface area contributed by atoms with Gasteiger partial charge in [-0.05, 0) is 47.4 Å². The first kappa shape index (κ1) is 21.8. The Hall–Kier alpha value is -3.93. The largest absolute Gasteiger partial charge is 0.384 e. The van der Waals surface area contributed by atoms with E-state index in [2.05, 4.69) is 31.4 Å². The molecule has 0 unspecified atom stereocenters. The highest BCUT2D eigenvalue weighted by Gasteiger charge is 2.17. The van der Waals surface area contributed by atoms with Gasteiger partial charge in [0.05, 0.1) is 11.3 Å². The summed E-state index contributed by atoms with van der Waals surface area (Å²) < 4.78 is 0. The molecule has 6 nitrogen and oxygen atoms in total. The van der Waals surface area contributed by atoms with E-state index in [4.69, 9.17) is 11.1 Å². The molecule has 2 amide bonds. The van der Waals surface area contributed by atoms with Crippen molar-refractivity contribution in [3.63, 3.8) is 0 Å². The van der Waals surface area contributed by atoms with E-state index in [0.29, 0.717) is 28.1 Å². The highest BCUT2D eigenvalue weighted by atomic mass is 16.2. The Balaban J connectivity index is 1.78. The molecule has 3 rings (SSSR count). The average Bonchev–Trinajstić information content (AvgIpc) is 2.73. The quantitative estimate of drug-likeness (QED) is 0.357. The van der Waals surface area contributed by atoms with Crippen LogP contribution in [0.5, 0.6) is 0 Å². The second-order valence-electron chi connectivity index (χ2n) is 8.28. The standard InChI is InChI=1S/C25H26N4O2/c1-25(2,3)18-13-11-16(12-14-18)23(30)29-21-10-5-4-9-20(21)24(31)28-19-8-6-7-17(15-19)22(26)27/h4-15H,1-3H3,(H3,26,27)(H,28,31)(H,29,30). The number of amidine groups is 1. The monoisotopic (exact) mass is 414 g/mol. The van der Waals surface area contributed by atoms with Gasteiger partial charge >= 0.3 is 0 Å². The van der Waals surface area contributed by atoms with E-state index in [1.54, 1.807) is 60.7 Å². The van der Waals surface area contributed by atoms with Crippen LogP contribution in [0.4, 0.5) is 11.4 Å². The molecule has 31 heavy (non-hydrogen) atoms. The van der Waals surface area contributed by atoms with Gasteiger partial charge in [0.2, 0.25) is 0 Å². The lowest BCUT2D eigenvalue weighted by Crippen LogP contribution is -2.19. The fourth-order valence-corrected chi connectivity index (χ4v) is 3.07. The number of carbonyl (C=O) groups excluding carboxylic acids is 2. The first-order chi connectivity index (χ1) is 14.6. The van der Waals surface area contributed by atoms with E-state index in [-0.39, 0.29) is 23.1 Å². The molecule has 158 valence electrons. The molecule has 0 saturated carbocycles. The maximum absolute atomic E-state index is 12.8. The summed E-state index contributed by atoms with van der Waals surface area (Å²) in [5.41, 5.74) is 8.92. The first-order valence-corrected chi connectivity index (χ1v) is 9.92. The van der Waals surface area contributed by atoms with Crippen molar-refractivity contribution in [1.29, 1.82) is 5.41 Å². The molecule has 0 aliphatic rings. The number of nitrogens with one attached hydrogen (secondary N) is 3. The summed E-state index contributed by atoms with van der Waals surface area (Å²) in [7, 11) is 0. The molecule has 0 radical (unpaired) electrons. The highest BCUT2D eigenvalue weighted by Crippen LogP contribution is 2.23. The smallest absolute Gasteiger partial charge is 0.257 e. The van der Waals surface area contributed by atoms with Crippen LogP contribution in [0, 0.1) is 5.41 Å². The minimum Gasteiger partial charge on any atom is -0.384 e. The van der Waals surface area contributed by atoms with E-state index >= 15 is 0 Å². The zero-order valence-electron chi connectivity index (χ0n) is 17.8. The van der Waals surface area contributed by atoms with Gasteiger partial charge in [0.15, 0.2) is 0 Å². The third-order valence-corrected chi connectivity index (χ3v) is 4.86. The topological polar surface area (TPSA) is 108 Å². The van der Waals surface area contributed by atoms with Gasteiger partial charge in [-0.2, -0.15) is 0 Å². The summed E-state index contributed by atoms with van der Waals surface area (Å²) in [6.45, 7) is 6.34. The molecule has 0 aliphatic carbocycles. The van der Waals surface area contributed by atoms with Crippen molar-refractivity contribution in [3.05, 3.63) is 95.1 Å². The molecule has 0 saturated heterocycles. The van der Waals surface area contributed by atoms with Gasteiger partial charge in [-0.25, -0.2) is 0 Å². The first-order valence-electron chi connectivity index (χ1n) is 9.92. The van der Waals surface area contributed by atoms with E-state index in [0.717, 1.165) is 5.56 Å². The fourth-order valence-electron chi connectivity index (χ4n) is 3.07. The zero-order valence-corrected chi connectivity index (χ0v) is 17.8. The highest BCUT2D eigenvalue weighted by molar-refractivity contribution is 6.12. The van der Waals surface area contributed by atoms with Crippen LogP contribution in [0.15, 0.2) is 72.8 Å². The second kappa shape index (κ2) is 8.83. The van der Waals surface area contributed by atoms with Crippen LogP contribution in [0.25, 0.3) is 0 Å². The predicted molar refractivity (Wildman–Crippen MR) is 125 cm³/mol. The minimum atomic E-state index is -0.375. The van der Waals surface area contributed by atoms with Crippen molar-refractivity contribution in [2.75, 3.05) is 10.6 Å². The zero-order chi connectivity index (χ0) is 22.6. The number of para-hydroxylation sites is 1. The Bertz CT molecular complexity index is 1130. The molecule has 3 aromatic carbocycles. The number of anilines is 2. The van der Waals surface area contributed by atoms with Crippen LogP contribution in [-0.4, -0.2) is 17.6 Å². The van der Waals surface area contributed by atoms with E-state index < -0.39 is 0 Å². The Morgan fingerprint density at radius 3 is 2.13 bits per heavy atom. The van der Waals surface area contributed by atoms with E-state index in [9.17, 15) is 9.59 Å². The summed E-state index contributed by atoms with van der Waals surface area (Å²) in [5.74, 6) is -0.750. The summed E-state index contributed by atoms with van der Waals surface area (Å²) in [6.07, 6.45) is 0. The van der Waals surface area contributed by atoms with Gasteiger partial charge in [0, 0.05) is 16.8 Å². The lowest BCUT2D eigenvalue weighted by Gasteiger charge is -2.19. The van der Waals surface area contributed by atoms with Crippen molar-refractivity contribution >= 4 is 29.0 Å². The summed E-state index contributed by atoms with van der Waals surface area (Å²) in [6, 6.07) is 21.0. The third-order valence-electron chi connectivity index (χ3n) is 4.86. The SMILES string of the molecule is CC(C)(C)c1ccc(C(=O)Nc2ccccc2C(=O)Nc2cccc(C(=N)N)c2)cc1. The van der Waals surface area contributed by atoms with Crippen molar-refractivity contribution in [3.8, 4) is 0 Å². The molecule has 3 aromatic rings. The van der Waals surface area contributed by atoms with Gasteiger partial charge in [0.1, 0.15) is 5.84 Å². The lowest BCUT2D eigenvalue weighted by molar-refractivity contribution is 0.102. The molecular formula is C25H26N4O2. The van der Waals surface area contributed by atoms with Gasteiger partial charge in [0.25, 0.3) is 11.8 Å². The van der Waals surface area contributed by atoms with Gasteiger partial charge in [-0.15, -0.1) is 0 Å². The van der Waals surface area contributed by atoms with Gasteiger partial charge < -0.3 is 16.4 Å². The minimum absolute atomic E-state index is 0.000609. The second-order valence-corrected chi connectivity index (χ2v) is 8.28. The molecule has 0 aromatic heterocycles. The number of rotatable bonds is 5. The molecule has 5 N–H and O–H groups in total. The number of hydrogen-bond donors (Lipinski definition) is 4. The van der Waals surface area contributed by atoms with Crippen LogP contribution < -0.4 is 16.4 Å². The molecule has 0 fully saturated rings. The number of nitrogens with two attached hydrogens (primary N) is 1. The van der Waals surface area contributed by atoms with Crippen molar-refractivity contribution in [2.24, 2.45) is 5.73 Å². The fraction of sp³-hybridized carbons (Fsp3) is 0.160. The Kier molecular flexibility index (Phi) is 6.20. The number of amides is 2. The maximum atomic E-state index is 12.8. The Labute approximate surface area is 182 Å². The number of nitrogen functional groups attached to an aromatic ring is 1. The van der Waals surface area contributed by atoms with Crippen LogP contribution >= 0.6 is 0 Å². The summed E-state index contributed by atoms with van der Waals surface area (Å²) >= 11 is 0. The van der Waals surface area contributed by atoms with Gasteiger partial charge in [-0.1, -0.05) is 57.2 Å². The number of hydrogen-bond acceptors (Lipinski definition) is 3. The van der Waals surface area contributed by atoms with Crippen LogP contribution in [-0.2, 0) is 5.41 Å². The molecule has 0 aliphatic heterocycles. The third kappa shape index (κ3) is 5.36. The molecule has 6 heteroatoms. The normalized spacial score (nSPS) is 10.9. The van der Waals surface area contributed by atoms with E-state index in [1.165, 1.54) is 0 Å². The summed E-state index contributed by atoms with van der Waals surface area (Å²) in [5, 5.41) is 13.2. The van der Waals surface area contributed by atoms with Crippen molar-refractivity contribution < 1.29 is 9.59 Å². The molecule has 0 atom stereocenters. The van der Waals surface area contributed by atoms with Crippen LogP contribution in [0.2, 0.25) is 0 Å². The van der Waals surface area contributed by atoms with Crippen LogP contribution in [0.1, 0.15) is 52.6 Å². The molecular weight excluding hydrogens is 388 g/mol. The Morgan fingerprint density at radius 1 is 0.806 bits per heavy atom. The van der Waals surface area contributed by atoms with Crippen LogP contribution in [0.3, 0.4) is 0 Å². The van der Waals surface area contributed by atoms with Crippen molar-refractivity contribution in [2.45, 2.75) is 26.2 Å². The Morgan fingerprint density at radius 2 is 1.48 bits per heavy atom. The number of benzene rings is 3. The van der Waals surface area contributed by atoms with Gasteiger partial charge in [-0.3, -0.25) is 15.0 Å². The van der Waals surface area contributed by atoms with E-state index in [1.807, 2.05) is 12.1 Å². The molecule has 0 spiro atoms. The van der Waals surface area contributed by atoms with Crippen molar-refractivity contribution in [1.82, 2.24) is 0 Å². The lowest BCUT2D eigenvalue weighted by atomic mass is 9.86. The molecule has 0 heterocycles. The predicted octanol–water partition coefficient (Wildman–Crippen LogP) is 4.77. The maximum Gasteiger partial charge on any atom is 0.257 e. The summed E-state index contributed by atoms with van der Waals surface area (Å²) in [4.78, 5) is 25.6. The average molecular weight is 415 g/mol.